The van der Waals surface area contributed by atoms with Gasteiger partial charge in [0.25, 0.3) is 0 Å². The van der Waals surface area contributed by atoms with Gasteiger partial charge in [0.1, 0.15) is 5.82 Å². The van der Waals surface area contributed by atoms with Crippen LogP contribution < -0.4 is 5.32 Å². The fraction of sp³-hybridized carbons (Fsp3) is 0.263. The van der Waals surface area contributed by atoms with Gasteiger partial charge in [-0.2, -0.15) is 4.68 Å². The van der Waals surface area contributed by atoms with Gasteiger partial charge in [0.05, 0.1) is 11.4 Å². The molecule has 8 heteroatoms. The summed E-state index contributed by atoms with van der Waals surface area (Å²) in [4.78, 5) is 12.2. The van der Waals surface area contributed by atoms with Gasteiger partial charge in [-0.15, -0.1) is 5.10 Å². The molecule has 1 N–H and O–H groups in total. The Labute approximate surface area is 161 Å². The number of carbonyl (C=O) groups is 1. The summed E-state index contributed by atoms with van der Waals surface area (Å²) >= 11 is 1.27. The highest BCUT2D eigenvalue weighted by atomic mass is 32.2. The molecule has 1 heterocycles. The number of rotatable bonds is 6. The molecule has 0 unspecified atom stereocenters. The first kappa shape index (κ1) is 19.0. The van der Waals surface area contributed by atoms with Crippen molar-refractivity contribution in [2.24, 2.45) is 0 Å². The Morgan fingerprint density at radius 2 is 1.89 bits per heavy atom. The van der Waals surface area contributed by atoms with Crippen LogP contribution in [0.15, 0.2) is 41.6 Å². The predicted octanol–water partition coefficient (Wildman–Crippen LogP) is 3.14. The summed E-state index contributed by atoms with van der Waals surface area (Å²) in [6.45, 7) is 6.04. The Hall–Kier alpha value is -2.74. The van der Waals surface area contributed by atoms with Crippen molar-refractivity contribution in [1.82, 2.24) is 25.5 Å². The van der Waals surface area contributed by atoms with Crippen LogP contribution in [0, 0.1) is 26.6 Å². The number of carbonyl (C=O) groups excluding carboxylic acids is 1. The van der Waals surface area contributed by atoms with Gasteiger partial charge in [-0.25, -0.2) is 4.39 Å². The molecule has 0 radical (unpaired) electrons. The third-order valence-corrected chi connectivity index (χ3v) is 5.06. The molecule has 2 aromatic carbocycles. The number of amides is 1. The van der Waals surface area contributed by atoms with Crippen LogP contribution >= 0.6 is 11.8 Å². The molecule has 6 nitrogen and oxygen atoms in total. The molecule has 27 heavy (non-hydrogen) atoms. The van der Waals surface area contributed by atoms with Crippen molar-refractivity contribution in [1.29, 1.82) is 0 Å². The minimum Gasteiger partial charge on any atom is -0.351 e. The van der Waals surface area contributed by atoms with Crippen LogP contribution in [0.25, 0.3) is 5.69 Å². The molecule has 0 aliphatic rings. The lowest BCUT2D eigenvalue weighted by Crippen LogP contribution is -2.24. The van der Waals surface area contributed by atoms with Crippen LogP contribution in [0.2, 0.25) is 0 Å². The molecule has 1 amide bonds. The largest absolute Gasteiger partial charge is 0.351 e. The van der Waals surface area contributed by atoms with Crippen molar-refractivity contribution in [2.75, 3.05) is 5.75 Å². The Morgan fingerprint density at radius 1 is 1.15 bits per heavy atom. The van der Waals surface area contributed by atoms with E-state index in [1.807, 2.05) is 32.0 Å². The Kier molecular flexibility index (Phi) is 5.85. The monoisotopic (exact) mass is 385 g/mol. The van der Waals surface area contributed by atoms with Crippen LogP contribution in [-0.4, -0.2) is 31.9 Å². The SMILES string of the molecule is Cc1cc(CNC(=O)CSc2nnnn2-c2c(C)cccc2C)ccc1F. The molecule has 0 spiro atoms. The zero-order chi connectivity index (χ0) is 19.4. The van der Waals surface area contributed by atoms with Crippen LogP contribution in [0.1, 0.15) is 22.3 Å². The van der Waals surface area contributed by atoms with E-state index in [2.05, 4.69) is 20.8 Å². The number of halogens is 1. The van der Waals surface area contributed by atoms with Crippen molar-refractivity contribution in [3.63, 3.8) is 0 Å². The topological polar surface area (TPSA) is 72.7 Å². The maximum absolute atomic E-state index is 13.3. The highest BCUT2D eigenvalue weighted by Crippen LogP contribution is 2.23. The van der Waals surface area contributed by atoms with Crippen LogP contribution in [0.5, 0.6) is 0 Å². The summed E-state index contributed by atoms with van der Waals surface area (Å²) < 4.78 is 15.0. The van der Waals surface area contributed by atoms with E-state index in [9.17, 15) is 9.18 Å². The fourth-order valence-corrected chi connectivity index (χ4v) is 3.45. The summed E-state index contributed by atoms with van der Waals surface area (Å²) in [7, 11) is 0. The second-order valence-corrected chi connectivity index (χ2v) is 7.21. The number of aryl methyl sites for hydroxylation is 3. The Morgan fingerprint density at radius 3 is 2.59 bits per heavy atom. The van der Waals surface area contributed by atoms with Gasteiger partial charge >= 0.3 is 0 Å². The number of thioether (sulfide) groups is 1. The maximum atomic E-state index is 13.3. The van der Waals surface area contributed by atoms with E-state index in [0.717, 1.165) is 22.4 Å². The van der Waals surface area contributed by atoms with Crippen LogP contribution in [-0.2, 0) is 11.3 Å². The van der Waals surface area contributed by atoms with E-state index in [4.69, 9.17) is 0 Å². The van der Waals surface area contributed by atoms with Gasteiger partial charge in [0.2, 0.25) is 11.1 Å². The second-order valence-electron chi connectivity index (χ2n) is 6.26. The molecule has 3 rings (SSSR count). The number of para-hydroxylation sites is 1. The maximum Gasteiger partial charge on any atom is 0.230 e. The summed E-state index contributed by atoms with van der Waals surface area (Å²) in [5.74, 6) is -0.206. The number of hydrogen-bond acceptors (Lipinski definition) is 5. The average Bonchev–Trinajstić information content (AvgIpc) is 3.09. The molecular weight excluding hydrogens is 365 g/mol. The van der Waals surface area contributed by atoms with Crippen LogP contribution in [0.3, 0.4) is 0 Å². The van der Waals surface area contributed by atoms with E-state index >= 15 is 0 Å². The third kappa shape index (κ3) is 4.51. The minimum absolute atomic E-state index is 0.141. The normalized spacial score (nSPS) is 10.8. The molecule has 0 fully saturated rings. The van der Waals surface area contributed by atoms with E-state index in [1.165, 1.54) is 17.8 Å². The lowest BCUT2D eigenvalue weighted by Gasteiger charge is -2.10. The second kappa shape index (κ2) is 8.30. The first-order chi connectivity index (χ1) is 13.0. The molecule has 0 saturated carbocycles. The zero-order valence-electron chi connectivity index (χ0n) is 15.4. The molecular formula is C19H20FN5OS. The van der Waals surface area contributed by atoms with Crippen molar-refractivity contribution in [2.45, 2.75) is 32.5 Å². The molecule has 0 aliphatic carbocycles. The summed E-state index contributed by atoms with van der Waals surface area (Å²) in [6, 6.07) is 10.8. The number of aromatic nitrogens is 4. The molecule has 140 valence electrons. The predicted molar refractivity (Wildman–Crippen MR) is 102 cm³/mol. The van der Waals surface area contributed by atoms with E-state index in [-0.39, 0.29) is 17.5 Å². The number of nitrogens with zero attached hydrogens (tertiary/aromatic N) is 4. The van der Waals surface area contributed by atoms with Crippen molar-refractivity contribution >= 4 is 17.7 Å². The zero-order valence-corrected chi connectivity index (χ0v) is 16.2. The molecule has 0 aliphatic heterocycles. The van der Waals surface area contributed by atoms with Crippen LogP contribution in [0.4, 0.5) is 4.39 Å². The number of nitrogens with one attached hydrogen (secondary N) is 1. The number of benzene rings is 2. The van der Waals surface area contributed by atoms with E-state index in [1.54, 1.807) is 23.7 Å². The fourth-order valence-electron chi connectivity index (χ4n) is 2.75. The number of tetrazole rings is 1. The molecule has 0 bridgehead atoms. The quantitative estimate of drug-likeness (QED) is 0.660. The Bertz CT molecular complexity index is 952. The van der Waals surface area contributed by atoms with Gasteiger partial charge < -0.3 is 5.32 Å². The molecule has 0 atom stereocenters. The smallest absolute Gasteiger partial charge is 0.230 e. The van der Waals surface area contributed by atoms with Gasteiger partial charge in [-0.05, 0) is 59.5 Å². The highest BCUT2D eigenvalue weighted by molar-refractivity contribution is 7.99. The summed E-state index contributed by atoms with van der Waals surface area (Å²) in [5, 5.41) is 15.2. The lowest BCUT2D eigenvalue weighted by atomic mass is 10.1. The van der Waals surface area contributed by atoms with Gasteiger partial charge in [0.15, 0.2) is 0 Å². The average molecular weight is 385 g/mol. The Balaban J connectivity index is 1.62. The van der Waals surface area contributed by atoms with E-state index in [0.29, 0.717) is 17.3 Å². The summed E-state index contributed by atoms with van der Waals surface area (Å²) in [6.07, 6.45) is 0. The van der Waals surface area contributed by atoms with Gasteiger partial charge in [-0.1, -0.05) is 42.1 Å². The number of hydrogen-bond donors (Lipinski definition) is 1. The lowest BCUT2D eigenvalue weighted by molar-refractivity contribution is -0.118. The van der Waals surface area contributed by atoms with Crippen molar-refractivity contribution in [3.8, 4) is 5.69 Å². The first-order valence-electron chi connectivity index (χ1n) is 8.45. The van der Waals surface area contributed by atoms with Crippen molar-refractivity contribution in [3.05, 3.63) is 64.5 Å². The van der Waals surface area contributed by atoms with E-state index < -0.39 is 0 Å². The third-order valence-electron chi connectivity index (χ3n) is 4.14. The summed E-state index contributed by atoms with van der Waals surface area (Å²) in [5.41, 5.74) is 4.45. The van der Waals surface area contributed by atoms with Gasteiger partial charge in [0, 0.05) is 6.54 Å². The molecule has 0 saturated heterocycles. The standard InChI is InChI=1S/C19H20FN5OS/c1-12-5-4-6-13(2)18(12)25-19(22-23-24-25)27-11-17(26)21-10-15-7-8-16(20)14(3)9-15/h4-9H,10-11H2,1-3H3,(H,21,26). The minimum atomic E-state index is -0.251. The molecule has 1 aromatic heterocycles. The molecule has 3 aromatic rings. The highest BCUT2D eigenvalue weighted by Gasteiger charge is 2.14. The van der Waals surface area contributed by atoms with Crippen molar-refractivity contribution < 1.29 is 9.18 Å². The van der Waals surface area contributed by atoms with Gasteiger partial charge in [-0.3, -0.25) is 4.79 Å². The first-order valence-corrected chi connectivity index (χ1v) is 9.44.